The van der Waals surface area contributed by atoms with E-state index in [1.165, 1.54) is 6.20 Å². The molecule has 6 nitrogen and oxygen atoms in total. The van der Waals surface area contributed by atoms with Crippen LogP contribution in [-0.4, -0.2) is 21.3 Å². The van der Waals surface area contributed by atoms with Crippen LogP contribution < -0.4 is 0 Å². The molecule has 0 N–H and O–H groups in total. The van der Waals surface area contributed by atoms with Gasteiger partial charge >= 0.3 is 5.69 Å². The molecule has 0 fully saturated rings. The number of rotatable bonds is 6. The molecular weight excluding hydrogens is 246 g/mol. The molecule has 2 aromatic rings. The second-order valence-electron chi connectivity index (χ2n) is 4.16. The van der Waals surface area contributed by atoms with Crippen LogP contribution in [-0.2, 0) is 17.9 Å². The van der Waals surface area contributed by atoms with E-state index in [9.17, 15) is 10.1 Å². The summed E-state index contributed by atoms with van der Waals surface area (Å²) >= 11 is 0. The first-order valence-electron chi connectivity index (χ1n) is 5.97. The Labute approximate surface area is 110 Å². The van der Waals surface area contributed by atoms with Crippen molar-refractivity contribution in [1.29, 1.82) is 0 Å². The average molecular weight is 261 g/mol. The van der Waals surface area contributed by atoms with Crippen molar-refractivity contribution >= 4 is 5.69 Å². The van der Waals surface area contributed by atoms with E-state index < -0.39 is 4.92 Å². The molecule has 0 spiro atoms. The van der Waals surface area contributed by atoms with Crippen molar-refractivity contribution in [3.63, 3.8) is 0 Å². The van der Waals surface area contributed by atoms with Gasteiger partial charge in [-0.25, -0.2) is 0 Å². The first-order valence-corrected chi connectivity index (χ1v) is 5.97. The van der Waals surface area contributed by atoms with Crippen molar-refractivity contribution in [2.24, 2.45) is 0 Å². The molecule has 0 atom stereocenters. The fourth-order valence-corrected chi connectivity index (χ4v) is 1.72. The molecule has 0 aliphatic carbocycles. The second-order valence-corrected chi connectivity index (χ2v) is 4.16. The van der Waals surface area contributed by atoms with E-state index in [-0.39, 0.29) is 5.69 Å². The molecule has 0 amide bonds. The lowest BCUT2D eigenvalue weighted by molar-refractivity contribution is -0.385. The maximum atomic E-state index is 10.7. The molecule has 0 bridgehead atoms. The zero-order valence-electron chi connectivity index (χ0n) is 10.7. The zero-order chi connectivity index (χ0) is 13.7. The topological polar surface area (TPSA) is 70.2 Å². The van der Waals surface area contributed by atoms with Crippen LogP contribution >= 0.6 is 0 Å². The number of nitrogens with zero attached hydrogens (tertiary/aromatic N) is 3. The van der Waals surface area contributed by atoms with E-state index in [1.54, 1.807) is 11.6 Å². The molecule has 0 aliphatic heterocycles. The molecule has 2 rings (SSSR count). The monoisotopic (exact) mass is 261 g/mol. The summed E-state index contributed by atoms with van der Waals surface area (Å²) in [6.45, 7) is 3.12. The number of aryl methyl sites for hydroxylation is 1. The fourth-order valence-electron chi connectivity index (χ4n) is 1.72. The lowest BCUT2D eigenvalue weighted by Crippen LogP contribution is -2.06. The molecule has 1 heterocycles. The number of aromatic nitrogens is 2. The highest BCUT2D eigenvalue weighted by molar-refractivity contribution is 5.30. The summed E-state index contributed by atoms with van der Waals surface area (Å²) in [7, 11) is 0. The molecular formula is C13H15N3O3. The predicted octanol–water partition coefficient (Wildman–Crippen LogP) is 2.32. The van der Waals surface area contributed by atoms with Crippen LogP contribution in [0.1, 0.15) is 11.3 Å². The minimum Gasteiger partial charge on any atom is -0.375 e. The van der Waals surface area contributed by atoms with Gasteiger partial charge < -0.3 is 4.74 Å². The lowest BCUT2D eigenvalue weighted by atomic mass is 10.2. The van der Waals surface area contributed by atoms with Crippen LogP contribution in [0.25, 0.3) is 0 Å². The maximum Gasteiger partial charge on any atom is 0.309 e. The van der Waals surface area contributed by atoms with Gasteiger partial charge in [0, 0.05) is 0 Å². The van der Waals surface area contributed by atoms with E-state index in [0.29, 0.717) is 25.5 Å². The molecule has 0 unspecified atom stereocenters. The van der Waals surface area contributed by atoms with Gasteiger partial charge in [0.15, 0.2) is 0 Å². The smallest absolute Gasteiger partial charge is 0.309 e. The molecule has 0 saturated heterocycles. The zero-order valence-corrected chi connectivity index (χ0v) is 10.7. The molecule has 100 valence electrons. The molecule has 0 radical (unpaired) electrons. The molecule has 1 aromatic heterocycles. The molecule has 19 heavy (non-hydrogen) atoms. The van der Waals surface area contributed by atoms with E-state index in [2.05, 4.69) is 5.10 Å². The van der Waals surface area contributed by atoms with Gasteiger partial charge in [-0.2, -0.15) is 5.10 Å². The standard InChI is InChI=1S/C13H15N3O3/c1-11-13(16(17)18)9-15(14-11)7-8-19-10-12-5-3-2-4-6-12/h2-6,9H,7-8,10H2,1H3. The Morgan fingerprint density at radius 2 is 2.11 bits per heavy atom. The lowest BCUT2D eigenvalue weighted by Gasteiger charge is -2.04. The van der Waals surface area contributed by atoms with Gasteiger partial charge in [0.1, 0.15) is 11.9 Å². The van der Waals surface area contributed by atoms with Gasteiger partial charge in [0.2, 0.25) is 0 Å². The number of benzene rings is 1. The maximum absolute atomic E-state index is 10.7. The van der Waals surface area contributed by atoms with Crippen LogP contribution in [0.4, 0.5) is 5.69 Å². The van der Waals surface area contributed by atoms with Crippen LogP contribution in [0.5, 0.6) is 0 Å². The van der Waals surface area contributed by atoms with Gasteiger partial charge in [-0.15, -0.1) is 0 Å². The SMILES string of the molecule is Cc1nn(CCOCc2ccccc2)cc1[N+](=O)[O-]. The first kappa shape index (κ1) is 13.2. The fraction of sp³-hybridized carbons (Fsp3) is 0.308. The number of nitro groups is 1. The minimum atomic E-state index is -0.427. The minimum absolute atomic E-state index is 0.0445. The largest absolute Gasteiger partial charge is 0.375 e. The quantitative estimate of drug-likeness (QED) is 0.454. The van der Waals surface area contributed by atoms with E-state index >= 15 is 0 Å². The molecule has 6 heteroatoms. The molecule has 1 aromatic carbocycles. The van der Waals surface area contributed by atoms with Crippen LogP contribution in [0.15, 0.2) is 36.5 Å². The summed E-state index contributed by atoms with van der Waals surface area (Å²) in [5.41, 5.74) is 1.57. The van der Waals surface area contributed by atoms with Gasteiger partial charge in [-0.1, -0.05) is 30.3 Å². The van der Waals surface area contributed by atoms with Crippen LogP contribution in [0, 0.1) is 17.0 Å². The summed E-state index contributed by atoms with van der Waals surface area (Å²) in [5.74, 6) is 0. The summed E-state index contributed by atoms with van der Waals surface area (Å²) in [5, 5.41) is 14.7. The van der Waals surface area contributed by atoms with E-state index in [0.717, 1.165) is 5.56 Å². The van der Waals surface area contributed by atoms with E-state index in [1.807, 2.05) is 30.3 Å². The van der Waals surface area contributed by atoms with Crippen molar-refractivity contribution in [2.75, 3.05) is 6.61 Å². The normalized spacial score (nSPS) is 10.6. The van der Waals surface area contributed by atoms with Crippen molar-refractivity contribution in [3.8, 4) is 0 Å². The van der Waals surface area contributed by atoms with Gasteiger partial charge in [0.25, 0.3) is 0 Å². The highest BCUT2D eigenvalue weighted by Gasteiger charge is 2.14. The number of hydrogen-bond donors (Lipinski definition) is 0. The first-order chi connectivity index (χ1) is 9.16. The van der Waals surface area contributed by atoms with Crippen molar-refractivity contribution in [1.82, 2.24) is 9.78 Å². The third kappa shape index (κ3) is 3.62. The number of ether oxygens (including phenoxy) is 1. The van der Waals surface area contributed by atoms with Crippen molar-refractivity contribution in [3.05, 3.63) is 57.9 Å². The molecule has 0 aliphatic rings. The van der Waals surface area contributed by atoms with Gasteiger partial charge in [-0.3, -0.25) is 14.8 Å². The Morgan fingerprint density at radius 1 is 1.37 bits per heavy atom. The Hall–Kier alpha value is -2.21. The molecule has 0 saturated carbocycles. The Kier molecular flexibility index (Phi) is 4.25. The second kappa shape index (κ2) is 6.10. The predicted molar refractivity (Wildman–Crippen MR) is 69.7 cm³/mol. The highest BCUT2D eigenvalue weighted by atomic mass is 16.6. The third-order valence-corrected chi connectivity index (χ3v) is 2.69. The Bertz CT molecular complexity index is 552. The van der Waals surface area contributed by atoms with Gasteiger partial charge in [0.05, 0.1) is 24.7 Å². The summed E-state index contributed by atoms with van der Waals surface area (Å²) in [6.07, 6.45) is 1.43. The summed E-state index contributed by atoms with van der Waals surface area (Å²) < 4.78 is 7.04. The number of hydrogen-bond acceptors (Lipinski definition) is 4. The Morgan fingerprint density at radius 3 is 2.74 bits per heavy atom. The highest BCUT2D eigenvalue weighted by Crippen LogP contribution is 2.14. The van der Waals surface area contributed by atoms with Crippen molar-refractivity contribution in [2.45, 2.75) is 20.1 Å². The van der Waals surface area contributed by atoms with Gasteiger partial charge in [-0.05, 0) is 12.5 Å². The Balaban J connectivity index is 1.80. The van der Waals surface area contributed by atoms with Crippen LogP contribution in [0.2, 0.25) is 0 Å². The summed E-state index contributed by atoms with van der Waals surface area (Å²) in [6, 6.07) is 9.85. The third-order valence-electron chi connectivity index (χ3n) is 2.69. The van der Waals surface area contributed by atoms with Crippen LogP contribution in [0.3, 0.4) is 0 Å². The summed E-state index contributed by atoms with van der Waals surface area (Å²) in [4.78, 5) is 10.2. The van der Waals surface area contributed by atoms with E-state index in [4.69, 9.17) is 4.74 Å². The average Bonchev–Trinajstić information content (AvgIpc) is 2.77. The van der Waals surface area contributed by atoms with Crippen molar-refractivity contribution < 1.29 is 9.66 Å².